The van der Waals surface area contributed by atoms with Crippen LogP contribution in [-0.2, 0) is 6.18 Å². The molecule has 2 nitrogen and oxygen atoms in total. The molecule has 0 aromatic heterocycles. The molecule has 2 rings (SSSR count). The van der Waals surface area contributed by atoms with Gasteiger partial charge >= 0.3 is 6.18 Å². The van der Waals surface area contributed by atoms with Gasteiger partial charge in [-0.1, -0.05) is 22.4 Å². The summed E-state index contributed by atoms with van der Waals surface area (Å²) in [6.07, 6.45) is 0.703. The Hall–Kier alpha value is -0.690. The first-order valence-electron chi connectivity index (χ1n) is 6.47. The number of halogens is 4. The molecule has 1 fully saturated rings. The maximum absolute atomic E-state index is 12.8. The van der Waals surface area contributed by atoms with Crippen molar-refractivity contribution in [1.29, 1.82) is 0 Å². The molecule has 0 atom stereocenters. The third kappa shape index (κ3) is 3.74. The molecule has 1 aliphatic carbocycles. The maximum atomic E-state index is 12.8. The number of carbonyl (C=O) groups excluding carboxylic acids is 1. The van der Waals surface area contributed by atoms with Crippen molar-refractivity contribution in [2.75, 3.05) is 12.8 Å². The molecule has 116 valence electrons. The van der Waals surface area contributed by atoms with Crippen LogP contribution in [0.1, 0.15) is 35.2 Å². The van der Waals surface area contributed by atoms with Crippen LogP contribution in [0.3, 0.4) is 0 Å². The van der Waals surface area contributed by atoms with Gasteiger partial charge in [0.05, 0.1) is 5.56 Å². The van der Waals surface area contributed by atoms with Crippen LogP contribution in [0.25, 0.3) is 0 Å². The zero-order valence-electron chi connectivity index (χ0n) is 11.4. The Morgan fingerprint density at radius 1 is 1.43 bits per heavy atom. The van der Waals surface area contributed by atoms with Gasteiger partial charge in [0, 0.05) is 21.3 Å². The minimum atomic E-state index is -4.48. The molecule has 0 bridgehead atoms. The van der Waals surface area contributed by atoms with Gasteiger partial charge in [-0.05, 0) is 37.3 Å². The van der Waals surface area contributed by atoms with Crippen molar-refractivity contribution in [3.05, 3.63) is 33.8 Å². The van der Waals surface area contributed by atoms with E-state index in [0.717, 1.165) is 25.3 Å². The highest BCUT2D eigenvalue weighted by Gasteiger charge is 2.37. The van der Waals surface area contributed by atoms with Gasteiger partial charge in [-0.3, -0.25) is 4.79 Å². The van der Waals surface area contributed by atoms with Crippen LogP contribution in [0, 0.1) is 0 Å². The largest absolute Gasteiger partial charge is 0.417 e. The molecule has 0 radical (unpaired) electrons. The monoisotopic (exact) mass is 381 g/mol. The molecule has 1 aromatic carbocycles. The summed E-state index contributed by atoms with van der Waals surface area (Å²) < 4.78 is 38.5. The van der Waals surface area contributed by atoms with Crippen LogP contribution in [0.4, 0.5) is 13.2 Å². The first-order valence-corrected chi connectivity index (χ1v) is 8.49. The molecule has 0 aliphatic heterocycles. The van der Waals surface area contributed by atoms with Crippen LogP contribution in [0.15, 0.2) is 22.7 Å². The molecule has 1 aliphatic rings. The topological polar surface area (TPSA) is 29.1 Å². The maximum Gasteiger partial charge on any atom is 0.417 e. The Bertz CT molecular complexity index is 538. The normalized spacial score (nSPS) is 17.2. The third-order valence-electron chi connectivity index (χ3n) is 3.80. The van der Waals surface area contributed by atoms with Crippen molar-refractivity contribution in [3.63, 3.8) is 0 Å². The standard InChI is InChI=1S/C14H15BrF3NOS/c1-21-13(5-2-6-13)8-19-12(20)9-3-4-11(15)10(7-9)14(16,17)18/h3-4,7H,2,5-6,8H2,1H3,(H,19,20). The number of thioether (sulfide) groups is 1. The zero-order valence-corrected chi connectivity index (χ0v) is 13.8. The minimum absolute atomic E-state index is 0.0288. The fourth-order valence-electron chi connectivity index (χ4n) is 2.25. The Kier molecular flexibility index (Phi) is 4.92. The van der Waals surface area contributed by atoms with Gasteiger partial charge in [0.25, 0.3) is 5.91 Å². The van der Waals surface area contributed by atoms with Crippen molar-refractivity contribution in [2.24, 2.45) is 0 Å². The molecule has 0 saturated heterocycles. The summed E-state index contributed by atoms with van der Waals surface area (Å²) in [5, 5.41) is 2.75. The van der Waals surface area contributed by atoms with Crippen LogP contribution in [0.2, 0.25) is 0 Å². The number of benzene rings is 1. The fraction of sp³-hybridized carbons (Fsp3) is 0.500. The Morgan fingerprint density at radius 3 is 2.57 bits per heavy atom. The highest BCUT2D eigenvalue weighted by molar-refractivity contribution is 9.10. The number of hydrogen-bond acceptors (Lipinski definition) is 2. The second kappa shape index (κ2) is 6.20. The zero-order chi connectivity index (χ0) is 15.7. The summed E-state index contributed by atoms with van der Waals surface area (Å²) in [5.41, 5.74) is -0.806. The summed E-state index contributed by atoms with van der Waals surface area (Å²) >= 11 is 4.57. The van der Waals surface area contributed by atoms with Crippen molar-refractivity contribution < 1.29 is 18.0 Å². The molecule has 21 heavy (non-hydrogen) atoms. The van der Waals surface area contributed by atoms with Crippen molar-refractivity contribution in [3.8, 4) is 0 Å². The van der Waals surface area contributed by atoms with Gasteiger partial charge < -0.3 is 5.32 Å². The van der Waals surface area contributed by atoms with E-state index < -0.39 is 17.6 Å². The number of hydrogen-bond donors (Lipinski definition) is 1. The predicted molar refractivity (Wildman–Crippen MR) is 81.6 cm³/mol. The lowest BCUT2D eigenvalue weighted by atomic mass is 9.84. The van der Waals surface area contributed by atoms with E-state index in [4.69, 9.17) is 0 Å². The molecule has 7 heteroatoms. The lowest BCUT2D eigenvalue weighted by molar-refractivity contribution is -0.138. The Labute approximate surface area is 134 Å². The average molecular weight is 382 g/mol. The van der Waals surface area contributed by atoms with Crippen LogP contribution >= 0.6 is 27.7 Å². The molecule has 1 aromatic rings. The van der Waals surface area contributed by atoms with Gasteiger partial charge in [0.15, 0.2) is 0 Å². The van der Waals surface area contributed by atoms with Gasteiger partial charge in [0.2, 0.25) is 0 Å². The first-order chi connectivity index (χ1) is 9.77. The van der Waals surface area contributed by atoms with Gasteiger partial charge in [0.1, 0.15) is 0 Å². The molecule has 1 N–H and O–H groups in total. The van der Waals surface area contributed by atoms with E-state index >= 15 is 0 Å². The second-order valence-corrected chi connectivity index (χ2v) is 7.24. The smallest absolute Gasteiger partial charge is 0.351 e. The van der Waals surface area contributed by atoms with Crippen molar-refractivity contribution >= 4 is 33.6 Å². The molecule has 0 heterocycles. The van der Waals surface area contributed by atoms with Crippen LogP contribution < -0.4 is 5.32 Å². The van der Waals surface area contributed by atoms with E-state index in [9.17, 15) is 18.0 Å². The highest BCUT2D eigenvalue weighted by Crippen LogP contribution is 2.42. The van der Waals surface area contributed by atoms with E-state index in [0.29, 0.717) is 6.54 Å². The van der Waals surface area contributed by atoms with Crippen molar-refractivity contribution in [1.82, 2.24) is 5.32 Å². The van der Waals surface area contributed by atoms with E-state index in [2.05, 4.69) is 21.2 Å². The number of nitrogens with one attached hydrogen (secondary N) is 1. The third-order valence-corrected chi connectivity index (χ3v) is 5.91. The molecule has 1 amide bonds. The summed E-state index contributed by atoms with van der Waals surface area (Å²) in [7, 11) is 0. The number of alkyl halides is 3. The molecule has 1 saturated carbocycles. The summed E-state index contributed by atoms with van der Waals surface area (Å²) in [5.74, 6) is -0.465. The number of carbonyl (C=O) groups is 1. The van der Waals surface area contributed by atoms with Gasteiger partial charge in [-0.15, -0.1) is 0 Å². The lowest BCUT2D eigenvalue weighted by Gasteiger charge is -2.40. The SMILES string of the molecule is CSC1(CNC(=O)c2ccc(Br)c(C(F)(F)F)c2)CCC1. The molecular formula is C14H15BrF3NOS. The quantitative estimate of drug-likeness (QED) is 0.832. The number of amides is 1. The minimum Gasteiger partial charge on any atom is -0.351 e. The molecule has 0 spiro atoms. The van der Waals surface area contributed by atoms with Crippen LogP contribution in [0.5, 0.6) is 0 Å². The van der Waals surface area contributed by atoms with Gasteiger partial charge in [-0.25, -0.2) is 0 Å². The van der Waals surface area contributed by atoms with E-state index in [1.165, 1.54) is 12.1 Å². The van der Waals surface area contributed by atoms with Crippen LogP contribution in [-0.4, -0.2) is 23.5 Å². The highest BCUT2D eigenvalue weighted by atomic mass is 79.9. The predicted octanol–water partition coefficient (Wildman–Crippen LogP) is 4.48. The summed E-state index contributed by atoms with van der Waals surface area (Å²) in [4.78, 5) is 12.0. The average Bonchev–Trinajstić information content (AvgIpc) is 2.37. The summed E-state index contributed by atoms with van der Waals surface area (Å²) in [6.45, 7) is 0.490. The fourth-order valence-corrected chi connectivity index (χ4v) is 3.64. The second-order valence-electron chi connectivity index (χ2n) is 5.12. The lowest BCUT2D eigenvalue weighted by Crippen LogP contribution is -2.45. The van der Waals surface area contributed by atoms with E-state index in [1.807, 2.05) is 6.26 Å². The Balaban J connectivity index is 2.09. The number of rotatable bonds is 4. The van der Waals surface area contributed by atoms with E-state index in [-0.39, 0.29) is 14.8 Å². The first kappa shape index (κ1) is 16.7. The molecular weight excluding hydrogens is 367 g/mol. The summed E-state index contributed by atoms with van der Waals surface area (Å²) in [6, 6.07) is 3.53. The Morgan fingerprint density at radius 2 is 2.10 bits per heavy atom. The van der Waals surface area contributed by atoms with Crippen molar-refractivity contribution in [2.45, 2.75) is 30.2 Å². The van der Waals surface area contributed by atoms with Gasteiger partial charge in [-0.2, -0.15) is 24.9 Å². The molecule has 0 unspecified atom stereocenters. The van der Waals surface area contributed by atoms with E-state index in [1.54, 1.807) is 11.8 Å².